The van der Waals surface area contributed by atoms with E-state index in [9.17, 15) is 0 Å². The second-order valence-corrected chi connectivity index (χ2v) is 36.1. The van der Waals surface area contributed by atoms with Gasteiger partial charge in [-0.3, -0.25) is 0 Å². The molecule has 0 saturated heterocycles. The normalized spacial score (nSPS) is 16.6. The molecule has 0 unspecified atom stereocenters. The molecule has 11 heteroatoms. The predicted molar refractivity (Wildman–Crippen MR) is 107 cm³/mol. The second kappa shape index (κ2) is 7.13. The van der Waals surface area contributed by atoms with Gasteiger partial charge in [0.1, 0.15) is 39.5 Å². The van der Waals surface area contributed by atoms with E-state index in [0.29, 0.717) is 0 Å². The van der Waals surface area contributed by atoms with Gasteiger partial charge in [-0.1, -0.05) is 30.3 Å². The van der Waals surface area contributed by atoms with Crippen molar-refractivity contribution in [1.29, 1.82) is 0 Å². The van der Waals surface area contributed by atoms with E-state index >= 15 is 0 Å². The average Bonchev–Trinajstić information content (AvgIpc) is 2.11. The fourth-order valence-corrected chi connectivity index (χ4v) is 2.90. The van der Waals surface area contributed by atoms with E-state index in [2.05, 4.69) is 0 Å². The molecule has 0 aromatic heterocycles. The molecule has 0 heterocycles. The van der Waals surface area contributed by atoms with E-state index in [1.54, 1.807) is 5.82 Å². The van der Waals surface area contributed by atoms with Crippen LogP contribution in [0.25, 0.3) is 5.57 Å². The number of halogens is 9. The van der Waals surface area contributed by atoms with Crippen LogP contribution in [-0.4, -0.2) is 0 Å². The minimum absolute atomic E-state index is 1.01. The van der Waals surface area contributed by atoms with Crippen molar-refractivity contribution in [2.75, 3.05) is 0 Å². The summed E-state index contributed by atoms with van der Waals surface area (Å²) in [5, 5.41) is -2.38. The SMILES string of the molecule is C/C(=C\[P+](Cl)(Cl)Cl)c1ccccc1.Cl[P-](Cl)(Cl)(Cl)(Cl)Cl. The summed E-state index contributed by atoms with van der Waals surface area (Å²) in [7, 11) is 0. The molecular formula is C9H9Cl9P2. The number of hydrogen-bond acceptors (Lipinski definition) is 0. The molecule has 0 aliphatic rings. The fourth-order valence-electron chi connectivity index (χ4n) is 0.995. The summed E-state index contributed by atoms with van der Waals surface area (Å²) < 4.78 is -4.82. The first kappa shape index (κ1) is 22.4. The van der Waals surface area contributed by atoms with Crippen LogP contribution >= 0.6 is 109 Å². The van der Waals surface area contributed by atoms with Crippen LogP contribution in [0.3, 0.4) is 0 Å². The maximum absolute atomic E-state index is 5.74. The molecule has 0 saturated carbocycles. The van der Waals surface area contributed by atoms with Crippen LogP contribution in [0.15, 0.2) is 36.1 Å². The third-order valence-corrected chi connectivity index (χ3v) is 3.13. The number of rotatable bonds is 2. The van der Waals surface area contributed by atoms with Gasteiger partial charge in [0, 0.05) is 0 Å². The topological polar surface area (TPSA) is 0 Å². The van der Waals surface area contributed by atoms with Crippen LogP contribution in [0.4, 0.5) is 0 Å². The van der Waals surface area contributed by atoms with Crippen LogP contribution in [0.1, 0.15) is 12.5 Å². The van der Waals surface area contributed by atoms with Crippen molar-refractivity contribution in [1.82, 2.24) is 0 Å². The van der Waals surface area contributed by atoms with E-state index in [4.69, 9.17) is 101 Å². The van der Waals surface area contributed by atoms with E-state index in [-0.39, 0.29) is 0 Å². The molecule has 0 radical (unpaired) electrons. The quantitative estimate of drug-likeness (QED) is 0.356. The van der Waals surface area contributed by atoms with Crippen LogP contribution in [0, 0.1) is 0 Å². The molecule has 0 aliphatic carbocycles. The molecule has 118 valence electrons. The van der Waals surface area contributed by atoms with Crippen molar-refractivity contribution in [2.45, 2.75) is 6.92 Å². The molecule has 0 atom stereocenters. The summed E-state index contributed by atoms with van der Waals surface area (Å²) in [6.45, 7) is 1.94. The molecular weight excluding hydrogens is 489 g/mol. The molecule has 1 aromatic carbocycles. The summed E-state index contributed by atoms with van der Waals surface area (Å²) in [6, 6.07) is 9.87. The Balaban J connectivity index is 0.000000441. The fraction of sp³-hybridized carbons (Fsp3) is 0.111. The zero-order valence-corrected chi connectivity index (χ0v) is 18.4. The van der Waals surface area contributed by atoms with E-state index < -0.39 is 7.38 Å². The average molecular weight is 498 g/mol. The summed E-state index contributed by atoms with van der Waals surface area (Å²) in [4.78, 5) is 0. The van der Waals surface area contributed by atoms with Gasteiger partial charge in [0.15, 0.2) is 0 Å². The van der Waals surface area contributed by atoms with Crippen LogP contribution in [0.2, 0.25) is 0 Å². The molecule has 20 heavy (non-hydrogen) atoms. The van der Waals surface area contributed by atoms with Gasteiger partial charge in [0.2, 0.25) is 0 Å². The summed E-state index contributed by atoms with van der Waals surface area (Å²) >= 11 is 47.3. The third kappa shape index (κ3) is 20.4. The van der Waals surface area contributed by atoms with Gasteiger partial charge in [0.25, 0.3) is 0 Å². The van der Waals surface area contributed by atoms with Gasteiger partial charge in [-0.05, 0) is 18.1 Å². The first-order valence-corrected chi connectivity index (χ1v) is 17.4. The summed E-state index contributed by atoms with van der Waals surface area (Å²) in [6.07, 6.45) is 0. The number of allylic oxidation sites excluding steroid dienone is 1. The van der Waals surface area contributed by atoms with Crippen molar-refractivity contribution in [3.63, 3.8) is 0 Å². The molecule has 1 aromatic rings. The molecule has 0 aliphatic heterocycles. The first-order chi connectivity index (χ1) is 8.44. The molecule has 1 rings (SSSR count). The number of benzene rings is 1. The Bertz CT molecular complexity index is 457. The number of hydrogen-bond donors (Lipinski definition) is 0. The Morgan fingerprint density at radius 1 is 0.900 bits per heavy atom. The van der Waals surface area contributed by atoms with Crippen molar-refractivity contribution in [3.05, 3.63) is 41.7 Å². The minimum atomic E-state index is -4.82. The first-order valence-electron chi connectivity index (χ1n) is 4.73. The van der Waals surface area contributed by atoms with E-state index in [0.717, 1.165) is 11.1 Å². The van der Waals surface area contributed by atoms with Crippen molar-refractivity contribution >= 4 is 114 Å². The zero-order chi connectivity index (χ0) is 16.3. The zero-order valence-electron chi connectivity index (χ0n) is 9.76. The van der Waals surface area contributed by atoms with E-state index in [1.807, 2.05) is 37.3 Å². The Labute approximate surface area is 161 Å². The van der Waals surface area contributed by atoms with Gasteiger partial charge in [-0.15, -0.1) is 0 Å². The second-order valence-electron chi connectivity index (χ2n) is 3.62. The van der Waals surface area contributed by atoms with Gasteiger partial charge < -0.3 is 0 Å². The monoisotopic (exact) mass is 494 g/mol. The molecule has 0 amide bonds. The summed E-state index contributed by atoms with van der Waals surface area (Å²) in [5.74, 6) is 1.72. The van der Waals surface area contributed by atoms with Gasteiger partial charge >= 0.3 is 74.8 Å². The Hall–Kier alpha value is 2.43. The molecule has 0 N–H and O–H groups in total. The van der Waals surface area contributed by atoms with Crippen LogP contribution in [0.5, 0.6) is 0 Å². The van der Waals surface area contributed by atoms with Gasteiger partial charge in [-0.25, -0.2) is 0 Å². The van der Waals surface area contributed by atoms with Crippen LogP contribution < -0.4 is 0 Å². The molecule has 0 bridgehead atoms. The van der Waals surface area contributed by atoms with Crippen LogP contribution in [-0.2, 0) is 0 Å². The Morgan fingerprint density at radius 2 is 1.25 bits per heavy atom. The maximum atomic E-state index is 5.74. The van der Waals surface area contributed by atoms with Crippen molar-refractivity contribution in [3.8, 4) is 0 Å². The van der Waals surface area contributed by atoms with Gasteiger partial charge in [-0.2, -0.15) is 0 Å². The summed E-state index contributed by atoms with van der Waals surface area (Å²) in [5.41, 5.74) is 2.10. The van der Waals surface area contributed by atoms with E-state index in [1.165, 1.54) is 0 Å². The molecule has 0 nitrogen and oxygen atoms in total. The Kier molecular flexibility index (Phi) is 7.99. The Morgan fingerprint density at radius 3 is 1.55 bits per heavy atom. The predicted octanol–water partition coefficient (Wildman–Crippen LogP) is 10.5. The van der Waals surface area contributed by atoms with Crippen molar-refractivity contribution < 1.29 is 0 Å². The molecule has 0 fully saturated rings. The van der Waals surface area contributed by atoms with Crippen molar-refractivity contribution in [2.24, 2.45) is 0 Å². The van der Waals surface area contributed by atoms with Gasteiger partial charge in [0.05, 0.1) is 0 Å². The third-order valence-electron chi connectivity index (χ3n) is 1.57. The molecule has 0 spiro atoms. The standard InChI is InChI=1S/C9H9Cl3P.Cl6P/c1-8(7-13(10,11)12)9-5-3-2-4-6-9;1-7(2,3,4,5)6/h2-7H,1H3;/q+1;-1/b8-7+;.